The van der Waals surface area contributed by atoms with E-state index in [-0.39, 0.29) is 0 Å². The highest BCUT2D eigenvalue weighted by atomic mass is 32.1. The molecule has 0 aliphatic heterocycles. The van der Waals surface area contributed by atoms with Crippen LogP contribution in [0.15, 0.2) is 24.3 Å². The summed E-state index contributed by atoms with van der Waals surface area (Å²) in [5.74, 6) is 0.525. The van der Waals surface area contributed by atoms with Crippen molar-refractivity contribution in [1.82, 2.24) is 10.4 Å². The van der Waals surface area contributed by atoms with E-state index in [0.717, 1.165) is 5.69 Å². The molecule has 0 fully saturated rings. The van der Waals surface area contributed by atoms with Gasteiger partial charge in [0, 0.05) is 19.8 Å². The summed E-state index contributed by atoms with van der Waals surface area (Å²) in [6.07, 6.45) is 0. The topological polar surface area (TPSA) is 27.3 Å². The Balaban J connectivity index is 2.67. The van der Waals surface area contributed by atoms with Crippen LogP contribution in [0.5, 0.6) is 0 Å². The molecule has 0 saturated heterocycles. The van der Waals surface area contributed by atoms with Gasteiger partial charge in [0.1, 0.15) is 0 Å². The van der Waals surface area contributed by atoms with Crippen LogP contribution in [0.3, 0.4) is 0 Å². The highest BCUT2D eigenvalue weighted by Crippen LogP contribution is 2.18. The largest absolute Gasteiger partial charge is 0.332 e. The van der Waals surface area contributed by atoms with Gasteiger partial charge in [0.25, 0.3) is 0 Å². The zero-order valence-electron chi connectivity index (χ0n) is 10.2. The van der Waals surface area contributed by atoms with Crippen molar-refractivity contribution in [1.29, 1.82) is 0 Å². The lowest BCUT2D eigenvalue weighted by Crippen LogP contribution is -2.38. The van der Waals surface area contributed by atoms with Gasteiger partial charge >= 0.3 is 0 Å². The second-order valence-electron chi connectivity index (χ2n) is 4.24. The Kier molecular flexibility index (Phi) is 4.71. The number of nitrogens with zero attached hydrogens (tertiary/aromatic N) is 1. The van der Waals surface area contributed by atoms with Gasteiger partial charge in [-0.05, 0) is 35.8 Å². The van der Waals surface area contributed by atoms with E-state index in [9.17, 15) is 0 Å². The first kappa shape index (κ1) is 12.9. The third kappa shape index (κ3) is 4.16. The molecule has 0 amide bonds. The Morgan fingerprint density at radius 3 is 2.56 bits per heavy atom. The molecule has 0 radical (unpaired) electrons. The quantitative estimate of drug-likeness (QED) is 0.624. The fourth-order valence-electron chi connectivity index (χ4n) is 1.34. The van der Waals surface area contributed by atoms with Gasteiger partial charge in [-0.1, -0.05) is 26.0 Å². The maximum Gasteiger partial charge on any atom is 0.185 e. The average Bonchev–Trinajstić information content (AvgIpc) is 2.16. The third-order valence-corrected chi connectivity index (χ3v) is 2.33. The molecule has 0 aliphatic rings. The molecular weight excluding hydrogens is 218 g/mol. The maximum absolute atomic E-state index is 5.16. The van der Waals surface area contributed by atoms with E-state index in [4.69, 9.17) is 12.2 Å². The summed E-state index contributed by atoms with van der Waals surface area (Å²) in [6, 6.07) is 8.29. The Morgan fingerprint density at radius 2 is 2.00 bits per heavy atom. The van der Waals surface area contributed by atoms with Crippen LogP contribution in [-0.4, -0.2) is 24.2 Å². The lowest BCUT2D eigenvalue weighted by atomic mass is 10.0. The molecular formula is C12H19N3S. The van der Waals surface area contributed by atoms with Crippen LogP contribution < -0.4 is 10.7 Å². The van der Waals surface area contributed by atoms with E-state index < -0.39 is 0 Å². The van der Waals surface area contributed by atoms with Gasteiger partial charge < -0.3 is 5.32 Å². The molecule has 1 aromatic rings. The molecule has 1 rings (SSSR count). The van der Waals surface area contributed by atoms with E-state index in [1.807, 2.05) is 31.2 Å². The van der Waals surface area contributed by atoms with E-state index in [2.05, 4.69) is 36.7 Å². The van der Waals surface area contributed by atoms with Crippen molar-refractivity contribution >= 4 is 23.0 Å². The van der Waals surface area contributed by atoms with Crippen molar-refractivity contribution in [2.45, 2.75) is 19.8 Å². The summed E-state index contributed by atoms with van der Waals surface area (Å²) < 4.78 is 0. The highest BCUT2D eigenvalue weighted by Gasteiger charge is 2.02. The van der Waals surface area contributed by atoms with E-state index in [1.165, 1.54) is 5.56 Å². The van der Waals surface area contributed by atoms with Crippen LogP contribution in [0.1, 0.15) is 25.3 Å². The summed E-state index contributed by atoms with van der Waals surface area (Å²) in [7, 11) is 3.80. The minimum atomic E-state index is 0.525. The van der Waals surface area contributed by atoms with Crippen LogP contribution in [0.2, 0.25) is 0 Å². The van der Waals surface area contributed by atoms with Gasteiger partial charge in [-0.2, -0.15) is 0 Å². The Hall–Kier alpha value is -1.13. The molecule has 4 heteroatoms. The first-order valence-electron chi connectivity index (χ1n) is 5.34. The maximum atomic E-state index is 5.16. The minimum Gasteiger partial charge on any atom is -0.332 e. The van der Waals surface area contributed by atoms with Gasteiger partial charge in [0.05, 0.1) is 0 Å². The number of rotatable bonds is 3. The summed E-state index contributed by atoms with van der Waals surface area (Å²) in [6.45, 7) is 4.35. The van der Waals surface area contributed by atoms with Crippen molar-refractivity contribution in [3.63, 3.8) is 0 Å². The number of hydrazine groups is 1. The van der Waals surface area contributed by atoms with Gasteiger partial charge in [-0.3, -0.25) is 5.43 Å². The van der Waals surface area contributed by atoms with Crippen LogP contribution in [-0.2, 0) is 0 Å². The van der Waals surface area contributed by atoms with Crippen molar-refractivity contribution in [2.24, 2.45) is 0 Å². The summed E-state index contributed by atoms with van der Waals surface area (Å²) >= 11 is 5.16. The van der Waals surface area contributed by atoms with E-state index >= 15 is 0 Å². The normalized spacial score (nSPS) is 10.6. The number of anilines is 1. The van der Waals surface area contributed by atoms with Gasteiger partial charge in [-0.25, -0.2) is 5.01 Å². The molecule has 0 bridgehead atoms. The number of hydrogen-bond acceptors (Lipinski definition) is 2. The van der Waals surface area contributed by atoms with Crippen molar-refractivity contribution in [2.75, 3.05) is 19.4 Å². The predicted octanol–water partition coefficient (Wildman–Crippen LogP) is 2.57. The van der Waals surface area contributed by atoms with Gasteiger partial charge in [0.2, 0.25) is 0 Å². The molecule has 0 atom stereocenters. The number of hydrogen-bond donors (Lipinski definition) is 2. The summed E-state index contributed by atoms with van der Waals surface area (Å²) in [5.41, 5.74) is 5.32. The van der Waals surface area contributed by atoms with Crippen molar-refractivity contribution in [3.8, 4) is 0 Å². The second kappa shape index (κ2) is 5.82. The van der Waals surface area contributed by atoms with Crippen LogP contribution in [0.25, 0.3) is 0 Å². The first-order valence-corrected chi connectivity index (χ1v) is 5.75. The number of nitrogens with one attached hydrogen (secondary N) is 2. The van der Waals surface area contributed by atoms with Crippen molar-refractivity contribution in [3.05, 3.63) is 29.8 Å². The molecule has 16 heavy (non-hydrogen) atoms. The molecule has 0 spiro atoms. The standard InChI is InChI=1S/C12H19N3S/c1-9(2)10-6-5-7-11(8-10)13-12(16)14-15(3)4/h5-9H,1-4H3,(H2,13,14,16). The molecule has 0 aromatic heterocycles. The zero-order valence-corrected chi connectivity index (χ0v) is 11.1. The molecule has 0 unspecified atom stereocenters. The second-order valence-corrected chi connectivity index (χ2v) is 4.65. The van der Waals surface area contributed by atoms with Gasteiger partial charge in [-0.15, -0.1) is 0 Å². The molecule has 0 heterocycles. The summed E-state index contributed by atoms with van der Waals surface area (Å²) in [4.78, 5) is 0. The summed E-state index contributed by atoms with van der Waals surface area (Å²) in [5, 5.41) is 5.56. The SMILES string of the molecule is CC(C)c1cccc(NC(=S)NN(C)C)c1. The predicted molar refractivity (Wildman–Crippen MR) is 73.6 cm³/mol. The lowest BCUT2D eigenvalue weighted by molar-refractivity contribution is 0.365. The van der Waals surface area contributed by atoms with E-state index in [1.54, 1.807) is 0 Å². The fraction of sp³-hybridized carbons (Fsp3) is 0.417. The Bertz CT molecular complexity index is 361. The Labute approximate surface area is 103 Å². The highest BCUT2D eigenvalue weighted by molar-refractivity contribution is 7.80. The van der Waals surface area contributed by atoms with Crippen LogP contribution in [0, 0.1) is 0 Å². The van der Waals surface area contributed by atoms with E-state index in [0.29, 0.717) is 11.0 Å². The number of thiocarbonyl (C=S) groups is 1. The smallest absolute Gasteiger partial charge is 0.185 e. The van der Waals surface area contributed by atoms with Crippen LogP contribution in [0.4, 0.5) is 5.69 Å². The molecule has 1 aromatic carbocycles. The number of benzene rings is 1. The Morgan fingerprint density at radius 1 is 1.31 bits per heavy atom. The average molecular weight is 237 g/mol. The first-order chi connectivity index (χ1) is 7.49. The molecule has 0 saturated carbocycles. The molecule has 0 aliphatic carbocycles. The molecule has 2 N–H and O–H groups in total. The molecule has 88 valence electrons. The zero-order chi connectivity index (χ0) is 12.1. The lowest BCUT2D eigenvalue weighted by Gasteiger charge is -2.16. The van der Waals surface area contributed by atoms with Crippen LogP contribution >= 0.6 is 12.2 Å². The monoisotopic (exact) mass is 237 g/mol. The minimum absolute atomic E-state index is 0.525. The van der Waals surface area contributed by atoms with Crippen molar-refractivity contribution < 1.29 is 0 Å². The third-order valence-electron chi connectivity index (χ3n) is 2.14. The molecule has 3 nitrogen and oxygen atoms in total. The fourth-order valence-corrected chi connectivity index (χ4v) is 1.64. The van der Waals surface area contributed by atoms with Gasteiger partial charge in [0.15, 0.2) is 5.11 Å².